The third-order valence-electron chi connectivity index (χ3n) is 3.48. The number of hydrogen-bond donors (Lipinski definition) is 1. The predicted octanol–water partition coefficient (Wildman–Crippen LogP) is 3.45. The molecule has 0 unspecified atom stereocenters. The number of halogens is 2. The van der Waals surface area contributed by atoms with Crippen LogP contribution in [0.25, 0.3) is 0 Å². The fourth-order valence-electron chi connectivity index (χ4n) is 2.51. The Hall–Kier alpha value is -0.800. The monoisotopic (exact) mass is 259 g/mol. The molecule has 1 aromatic rings. The summed E-state index contributed by atoms with van der Waals surface area (Å²) in [7, 11) is 1.48. The van der Waals surface area contributed by atoms with E-state index >= 15 is 0 Å². The van der Waals surface area contributed by atoms with Crippen LogP contribution in [0.2, 0.25) is 0 Å². The molecule has 0 amide bonds. The van der Waals surface area contributed by atoms with Gasteiger partial charge < -0.3 is 10.5 Å². The average Bonchev–Trinajstić information content (AvgIpc) is 2.82. The highest BCUT2D eigenvalue weighted by Crippen LogP contribution is 2.36. The summed E-state index contributed by atoms with van der Waals surface area (Å²) in [5.41, 5.74) is 6.72. The molecule has 0 spiro atoms. The van der Waals surface area contributed by atoms with Crippen molar-refractivity contribution in [2.24, 2.45) is 11.7 Å². The van der Waals surface area contributed by atoms with Gasteiger partial charge in [-0.1, -0.05) is 25.0 Å². The van der Waals surface area contributed by atoms with Crippen LogP contribution in [-0.2, 0) is 0 Å². The van der Waals surface area contributed by atoms with Crippen LogP contribution in [0.3, 0.4) is 0 Å². The van der Waals surface area contributed by atoms with Crippen LogP contribution in [0.4, 0.5) is 4.39 Å². The zero-order valence-electron chi connectivity index (χ0n) is 9.99. The zero-order valence-corrected chi connectivity index (χ0v) is 10.8. The molecule has 0 radical (unpaired) electrons. The molecular formula is C13H19ClFNO. The van der Waals surface area contributed by atoms with Crippen molar-refractivity contribution in [1.29, 1.82) is 0 Å². The number of benzene rings is 1. The van der Waals surface area contributed by atoms with Gasteiger partial charge in [-0.25, -0.2) is 4.39 Å². The maximum atomic E-state index is 14.0. The van der Waals surface area contributed by atoms with E-state index in [1.807, 2.05) is 0 Å². The summed E-state index contributed by atoms with van der Waals surface area (Å²) < 4.78 is 18.9. The minimum absolute atomic E-state index is 0. The lowest BCUT2D eigenvalue weighted by atomic mass is 9.92. The zero-order chi connectivity index (χ0) is 11.5. The van der Waals surface area contributed by atoms with Crippen molar-refractivity contribution in [1.82, 2.24) is 0 Å². The van der Waals surface area contributed by atoms with Crippen LogP contribution in [0, 0.1) is 11.7 Å². The predicted molar refractivity (Wildman–Crippen MR) is 69.1 cm³/mol. The standard InChI is InChI=1S/C13H18FNO.ClH/c1-16-11-8-4-7-10(12(11)14)13(15)9-5-2-3-6-9;/h4,7-9,13H,2-3,5-6,15H2,1H3;1H/t13-;/m1./s1. The van der Waals surface area contributed by atoms with Gasteiger partial charge in [-0.15, -0.1) is 12.4 Å². The van der Waals surface area contributed by atoms with Crippen molar-refractivity contribution in [3.63, 3.8) is 0 Å². The molecule has 0 aliphatic heterocycles. The molecule has 0 heterocycles. The Bertz CT molecular complexity index is 366. The first-order valence-corrected chi connectivity index (χ1v) is 5.82. The highest BCUT2D eigenvalue weighted by atomic mass is 35.5. The lowest BCUT2D eigenvalue weighted by molar-refractivity contribution is 0.373. The molecule has 2 rings (SSSR count). The summed E-state index contributed by atoms with van der Waals surface area (Å²) in [4.78, 5) is 0. The smallest absolute Gasteiger partial charge is 0.169 e. The molecule has 1 aliphatic rings. The minimum atomic E-state index is -0.301. The van der Waals surface area contributed by atoms with E-state index < -0.39 is 0 Å². The van der Waals surface area contributed by atoms with Crippen molar-refractivity contribution in [2.75, 3.05) is 7.11 Å². The van der Waals surface area contributed by atoms with Crippen molar-refractivity contribution in [2.45, 2.75) is 31.7 Å². The maximum absolute atomic E-state index is 14.0. The lowest BCUT2D eigenvalue weighted by Gasteiger charge is -2.20. The van der Waals surface area contributed by atoms with E-state index in [9.17, 15) is 4.39 Å². The fourth-order valence-corrected chi connectivity index (χ4v) is 2.51. The topological polar surface area (TPSA) is 35.2 Å². The first-order valence-electron chi connectivity index (χ1n) is 5.82. The van der Waals surface area contributed by atoms with E-state index in [2.05, 4.69) is 0 Å². The van der Waals surface area contributed by atoms with E-state index in [1.165, 1.54) is 20.0 Å². The van der Waals surface area contributed by atoms with Crippen LogP contribution >= 0.6 is 12.4 Å². The normalized spacial score (nSPS) is 17.6. The van der Waals surface area contributed by atoms with Gasteiger partial charge >= 0.3 is 0 Å². The molecule has 0 aromatic heterocycles. The molecular weight excluding hydrogens is 241 g/mol. The summed E-state index contributed by atoms with van der Waals surface area (Å²) >= 11 is 0. The minimum Gasteiger partial charge on any atom is -0.494 e. The maximum Gasteiger partial charge on any atom is 0.169 e. The highest BCUT2D eigenvalue weighted by molar-refractivity contribution is 5.85. The molecule has 0 bridgehead atoms. The first kappa shape index (κ1) is 14.3. The second-order valence-corrected chi connectivity index (χ2v) is 4.43. The van der Waals surface area contributed by atoms with E-state index in [1.54, 1.807) is 18.2 Å². The number of nitrogens with two attached hydrogens (primary N) is 1. The summed E-state index contributed by atoms with van der Waals surface area (Å²) in [5, 5.41) is 0. The molecule has 1 aromatic carbocycles. The molecule has 1 atom stereocenters. The summed E-state index contributed by atoms with van der Waals surface area (Å²) in [6.07, 6.45) is 4.64. The molecule has 1 aliphatic carbocycles. The Kier molecular flexibility index (Phi) is 5.22. The largest absolute Gasteiger partial charge is 0.494 e. The number of hydrogen-bond acceptors (Lipinski definition) is 2. The Labute approximate surface area is 108 Å². The van der Waals surface area contributed by atoms with Gasteiger partial charge in [-0.05, 0) is 24.8 Å². The van der Waals surface area contributed by atoms with Gasteiger partial charge in [0.2, 0.25) is 0 Å². The molecule has 4 heteroatoms. The Balaban J connectivity index is 0.00000144. The van der Waals surface area contributed by atoms with Crippen LogP contribution in [0.5, 0.6) is 5.75 Å². The van der Waals surface area contributed by atoms with Crippen molar-refractivity contribution >= 4 is 12.4 Å². The summed E-state index contributed by atoms with van der Waals surface area (Å²) in [6.45, 7) is 0. The van der Waals surface area contributed by atoms with Crippen molar-refractivity contribution in [3.8, 4) is 5.75 Å². The third kappa shape index (κ3) is 2.90. The SMILES string of the molecule is COc1cccc([C@H](N)C2CCCC2)c1F.Cl. The average molecular weight is 260 g/mol. The van der Waals surface area contributed by atoms with Crippen molar-refractivity contribution < 1.29 is 9.13 Å². The summed E-state index contributed by atoms with van der Waals surface area (Å²) in [5.74, 6) is 0.400. The number of ether oxygens (including phenoxy) is 1. The van der Waals surface area contributed by atoms with Gasteiger partial charge in [0, 0.05) is 11.6 Å². The Morgan fingerprint density at radius 3 is 2.59 bits per heavy atom. The third-order valence-corrected chi connectivity index (χ3v) is 3.48. The molecule has 2 N–H and O–H groups in total. The number of methoxy groups -OCH3 is 1. The van der Waals surface area contributed by atoms with E-state index in [0.717, 1.165) is 12.8 Å². The van der Waals surface area contributed by atoms with Crippen LogP contribution in [0.1, 0.15) is 37.3 Å². The molecule has 96 valence electrons. The fraction of sp³-hybridized carbons (Fsp3) is 0.538. The van der Waals surface area contributed by atoms with Gasteiger partial charge in [0.05, 0.1) is 7.11 Å². The van der Waals surface area contributed by atoms with E-state index in [0.29, 0.717) is 11.5 Å². The van der Waals surface area contributed by atoms with Crippen LogP contribution in [-0.4, -0.2) is 7.11 Å². The van der Waals surface area contributed by atoms with E-state index in [4.69, 9.17) is 10.5 Å². The Morgan fingerprint density at radius 2 is 2.00 bits per heavy atom. The van der Waals surface area contributed by atoms with E-state index in [-0.39, 0.29) is 30.0 Å². The van der Waals surface area contributed by atoms with Gasteiger partial charge in [0.25, 0.3) is 0 Å². The van der Waals surface area contributed by atoms with Crippen LogP contribution in [0.15, 0.2) is 18.2 Å². The van der Waals surface area contributed by atoms with Gasteiger partial charge in [-0.2, -0.15) is 0 Å². The molecule has 2 nitrogen and oxygen atoms in total. The Morgan fingerprint density at radius 1 is 1.35 bits per heavy atom. The van der Waals surface area contributed by atoms with Gasteiger partial charge in [0.1, 0.15) is 0 Å². The lowest BCUT2D eigenvalue weighted by Crippen LogP contribution is -2.20. The molecule has 0 saturated heterocycles. The van der Waals surface area contributed by atoms with Crippen molar-refractivity contribution in [3.05, 3.63) is 29.6 Å². The van der Waals surface area contributed by atoms with Gasteiger partial charge in [-0.3, -0.25) is 0 Å². The second-order valence-electron chi connectivity index (χ2n) is 4.43. The van der Waals surface area contributed by atoms with Crippen LogP contribution < -0.4 is 10.5 Å². The first-order chi connectivity index (χ1) is 7.74. The van der Waals surface area contributed by atoms with Gasteiger partial charge in [0.15, 0.2) is 11.6 Å². The number of rotatable bonds is 3. The highest BCUT2D eigenvalue weighted by Gasteiger charge is 2.26. The molecule has 1 fully saturated rings. The quantitative estimate of drug-likeness (QED) is 0.902. The second kappa shape index (κ2) is 6.22. The summed E-state index contributed by atoms with van der Waals surface area (Å²) in [6, 6.07) is 4.99. The molecule has 17 heavy (non-hydrogen) atoms. The molecule has 1 saturated carbocycles.